The van der Waals surface area contributed by atoms with Gasteiger partial charge in [0.15, 0.2) is 0 Å². The van der Waals surface area contributed by atoms with Gasteiger partial charge in [-0.3, -0.25) is 4.79 Å². The summed E-state index contributed by atoms with van der Waals surface area (Å²) >= 11 is 0. The SMILES string of the molecule is CCOC(=O)Cc1ccc(C)cc1C(F)(F)F. The Morgan fingerprint density at radius 2 is 2.00 bits per heavy atom. The molecule has 0 unspecified atom stereocenters. The average Bonchev–Trinajstić information content (AvgIpc) is 2.19. The molecule has 0 saturated heterocycles. The van der Waals surface area contributed by atoms with Crippen LogP contribution in [-0.4, -0.2) is 12.6 Å². The van der Waals surface area contributed by atoms with Gasteiger partial charge >= 0.3 is 12.1 Å². The number of rotatable bonds is 3. The van der Waals surface area contributed by atoms with Gasteiger partial charge in [-0.25, -0.2) is 0 Å². The molecule has 0 aliphatic heterocycles. The number of carbonyl (C=O) groups is 1. The Kier molecular flexibility index (Phi) is 4.15. The number of alkyl halides is 3. The molecule has 1 rings (SSSR count). The van der Waals surface area contributed by atoms with Crippen molar-refractivity contribution in [1.82, 2.24) is 0 Å². The average molecular weight is 246 g/mol. The van der Waals surface area contributed by atoms with E-state index < -0.39 is 17.7 Å². The van der Waals surface area contributed by atoms with E-state index in [1.807, 2.05) is 0 Å². The Morgan fingerprint density at radius 1 is 1.35 bits per heavy atom. The summed E-state index contributed by atoms with van der Waals surface area (Å²) in [7, 11) is 0. The van der Waals surface area contributed by atoms with Crippen molar-refractivity contribution in [2.75, 3.05) is 6.61 Å². The van der Waals surface area contributed by atoms with Gasteiger partial charge in [0.2, 0.25) is 0 Å². The van der Waals surface area contributed by atoms with E-state index >= 15 is 0 Å². The summed E-state index contributed by atoms with van der Waals surface area (Å²) in [6.45, 7) is 3.34. The molecule has 1 aromatic rings. The Balaban J connectivity index is 3.03. The minimum Gasteiger partial charge on any atom is -0.466 e. The fourth-order valence-corrected chi connectivity index (χ4v) is 1.48. The number of hydrogen-bond donors (Lipinski definition) is 0. The van der Waals surface area contributed by atoms with Crippen molar-refractivity contribution >= 4 is 5.97 Å². The third-order valence-corrected chi connectivity index (χ3v) is 2.21. The summed E-state index contributed by atoms with van der Waals surface area (Å²) in [5.74, 6) is -0.651. The Morgan fingerprint density at radius 3 is 2.53 bits per heavy atom. The zero-order valence-electron chi connectivity index (χ0n) is 9.60. The fraction of sp³-hybridized carbons (Fsp3) is 0.417. The zero-order chi connectivity index (χ0) is 13.1. The molecule has 5 heteroatoms. The molecule has 0 spiro atoms. The zero-order valence-corrected chi connectivity index (χ0v) is 9.60. The molecule has 0 bridgehead atoms. The second-order valence-electron chi connectivity index (χ2n) is 3.64. The molecule has 0 aliphatic carbocycles. The number of benzene rings is 1. The molecular formula is C12H13F3O2. The van der Waals surface area contributed by atoms with Crippen LogP contribution in [0.3, 0.4) is 0 Å². The minimum absolute atomic E-state index is 0.0541. The summed E-state index contributed by atoms with van der Waals surface area (Å²) in [6.07, 6.45) is -4.81. The predicted molar refractivity (Wildman–Crippen MR) is 56.5 cm³/mol. The highest BCUT2D eigenvalue weighted by molar-refractivity contribution is 5.73. The highest BCUT2D eigenvalue weighted by atomic mass is 19.4. The van der Waals surface area contributed by atoms with Gasteiger partial charge in [-0.1, -0.05) is 17.7 Å². The standard InChI is InChI=1S/C12H13F3O2/c1-3-17-11(16)7-9-5-4-8(2)6-10(9)12(13,14)15/h4-6H,3,7H2,1-2H3. The van der Waals surface area contributed by atoms with Crippen LogP contribution in [0.5, 0.6) is 0 Å². The van der Waals surface area contributed by atoms with E-state index in [4.69, 9.17) is 0 Å². The third kappa shape index (κ3) is 3.76. The summed E-state index contributed by atoms with van der Waals surface area (Å²) in [6, 6.07) is 3.90. The van der Waals surface area contributed by atoms with Crippen molar-refractivity contribution in [1.29, 1.82) is 0 Å². The molecular weight excluding hydrogens is 233 g/mol. The molecule has 0 fully saturated rings. The van der Waals surface area contributed by atoms with E-state index in [1.165, 1.54) is 6.07 Å². The van der Waals surface area contributed by atoms with Crippen LogP contribution >= 0.6 is 0 Å². The van der Waals surface area contributed by atoms with Crippen LogP contribution in [-0.2, 0) is 22.1 Å². The van der Waals surface area contributed by atoms with E-state index in [1.54, 1.807) is 19.9 Å². The molecule has 0 aromatic heterocycles. The van der Waals surface area contributed by atoms with Crippen LogP contribution in [0.1, 0.15) is 23.6 Å². The Labute approximate surface area is 97.4 Å². The minimum atomic E-state index is -4.45. The largest absolute Gasteiger partial charge is 0.466 e. The molecule has 0 amide bonds. The van der Waals surface area contributed by atoms with Gasteiger partial charge in [-0.2, -0.15) is 13.2 Å². The first-order chi connectivity index (χ1) is 7.84. The summed E-state index contributed by atoms with van der Waals surface area (Å²) in [5.41, 5.74) is -0.322. The molecule has 2 nitrogen and oxygen atoms in total. The molecule has 0 aliphatic rings. The van der Waals surface area contributed by atoms with Gasteiger partial charge in [-0.15, -0.1) is 0 Å². The fourth-order valence-electron chi connectivity index (χ4n) is 1.48. The monoisotopic (exact) mass is 246 g/mol. The van der Waals surface area contributed by atoms with Gasteiger partial charge in [0, 0.05) is 0 Å². The Bertz CT molecular complexity index is 411. The maximum absolute atomic E-state index is 12.7. The molecule has 0 radical (unpaired) electrons. The highest BCUT2D eigenvalue weighted by Gasteiger charge is 2.33. The highest BCUT2D eigenvalue weighted by Crippen LogP contribution is 2.32. The number of esters is 1. The van der Waals surface area contributed by atoms with Gasteiger partial charge in [0.1, 0.15) is 0 Å². The van der Waals surface area contributed by atoms with Gasteiger partial charge in [-0.05, 0) is 25.5 Å². The van der Waals surface area contributed by atoms with E-state index in [0.29, 0.717) is 5.56 Å². The smallest absolute Gasteiger partial charge is 0.416 e. The van der Waals surface area contributed by atoms with Crippen LogP contribution < -0.4 is 0 Å². The normalized spacial score (nSPS) is 11.4. The van der Waals surface area contributed by atoms with E-state index in [0.717, 1.165) is 6.07 Å². The van der Waals surface area contributed by atoms with Crippen LogP contribution in [0.25, 0.3) is 0 Å². The summed E-state index contributed by atoms with van der Waals surface area (Å²) in [5, 5.41) is 0. The number of aryl methyl sites for hydroxylation is 1. The maximum atomic E-state index is 12.7. The lowest BCUT2D eigenvalue weighted by molar-refractivity contribution is -0.143. The first-order valence-electron chi connectivity index (χ1n) is 5.17. The lowest BCUT2D eigenvalue weighted by Crippen LogP contribution is -2.14. The van der Waals surface area contributed by atoms with Gasteiger partial charge in [0.25, 0.3) is 0 Å². The predicted octanol–water partition coefficient (Wildman–Crippen LogP) is 3.12. The quantitative estimate of drug-likeness (QED) is 0.766. The molecule has 94 valence electrons. The van der Waals surface area contributed by atoms with Crippen LogP contribution in [0.15, 0.2) is 18.2 Å². The third-order valence-electron chi connectivity index (χ3n) is 2.21. The first-order valence-corrected chi connectivity index (χ1v) is 5.17. The van der Waals surface area contributed by atoms with Crippen LogP contribution in [0.4, 0.5) is 13.2 Å². The summed E-state index contributed by atoms with van der Waals surface area (Å²) < 4.78 is 42.8. The lowest BCUT2D eigenvalue weighted by atomic mass is 10.0. The molecule has 0 heterocycles. The van der Waals surface area contributed by atoms with E-state index in [9.17, 15) is 18.0 Å². The van der Waals surface area contributed by atoms with Crippen molar-refractivity contribution < 1.29 is 22.7 Å². The second-order valence-corrected chi connectivity index (χ2v) is 3.64. The van der Waals surface area contributed by atoms with Gasteiger partial charge in [0.05, 0.1) is 18.6 Å². The number of carbonyl (C=O) groups excluding carboxylic acids is 1. The first kappa shape index (κ1) is 13.5. The van der Waals surface area contributed by atoms with Crippen molar-refractivity contribution in [3.8, 4) is 0 Å². The number of halogens is 3. The van der Waals surface area contributed by atoms with Crippen LogP contribution in [0.2, 0.25) is 0 Å². The molecule has 0 atom stereocenters. The molecule has 0 saturated carbocycles. The van der Waals surface area contributed by atoms with Gasteiger partial charge < -0.3 is 4.74 Å². The molecule has 1 aromatic carbocycles. The number of hydrogen-bond acceptors (Lipinski definition) is 2. The molecule has 0 N–H and O–H groups in total. The van der Waals surface area contributed by atoms with Crippen molar-refractivity contribution in [3.05, 3.63) is 34.9 Å². The number of ether oxygens (including phenoxy) is 1. The summed E-state index contributed by atoms with van der Waals surface area (Å²) in [4.78, 5) is 11.2. The van der Waals surface area contributed by atoms with Crippen molar-refractivity contribution in [3.63, 3.8) is 0 Å². The maximum Gasteiger partial charge on any atom is 0.416 e. The second kappa shape index (κ2) is 5.21. The van der Waals surface area contributed by atoms with Crippen molar-refractivity contribution in [2.24, 2.45) is 0 Å². The van der Waals surface area contributed by atoms with E-state index in [-0.39, 0.29) is 18.6 Å². The lowest BCUT2D eigenvalue weighted by Gasteiger charge is -2.13. The topological polar surface area (TPSA) is 26.3 Å². The molecule has 17 heavy (non-hydrogen) atoms. The van der Waals surface area contributed by atoms with Crippen LogP contribution in [0, 0.1) is 6.92 Å². The van der Waals surface area contributed by atoms with E-state index in [2.05, 4.69) is 4.74 Å². The Hall–Kier alpha value is -1.52. The van der Waals surface area contributed by atoms with Crippen molar-refractivity contribution in [2.45, 2.75) is 26.4 Å².